The molecule has 0 aromatic heterocycles. The summed E-state index contributed by atoms with van der Waals surface area (Å²) in [5, 5.41) is 3.09. The van der Waals surface area contributed by atoms with Crippen LogP contribution in [0.1, 0.15) is 12.8 Å². The molecular formula is C11H18N2O2. The molecule has 1 aliphatic rings. The van der Waals surface area contributed by atoms with E-state index in [0.29, 0.717) is 32.8 Å². The van der Waals surface area contributed by atoms with Crippen molar-refractivity contribution < 1.29 is 9.53 Å². The van der Waals surface area contributed by atoms with Gasteiger partial charge in [0.05, 0.1) is 19.8 Å². The number of carbonyl (C=O) groups is 1. The molecule has 1 amide bonds. The molecule has 0 aromatic rings. The van der Waals surface area contributed by atoms with Crippen LogP contribution in [0.25, 0.3) is 0 Å². The lowest BCUT2D eigenvalue weighted by atomic mass is 10.3. The summed E-state index contributed by atoms with van der Waals surface area (Å²) in [5.74, 6) is 2.72. The van der Waals surface area contributed by atoms with Crippen molar-refractivity contribution in [3.05, 3.63) is 0 Å². The highest BCUT2D eigenvalue weighted by Gasteiger charge is 2.15. The molecule has 1 heterocycles. The molecule has 0 unspecified atom stereocenters. The number of morpholine rings is 1. The first-order chi connectivity index (χ1) is 7.34. The van der Waals surface area contributed by atoms with Crippen molar-refractivity contribution >= 4 is 5.91 Å². The normalized spacial score (nSPS) is 16.1. The molecule has 0 bridgehead atoms. The molecule has 4 nitrogen and oxygen atoms in total. The maximum Gasteiger partial charge on any atom is 0.236 e. The van der Waals surface area contributed by atoms with E-state index in [0.717, 1.165) is 19.4 Å². The molecule has 84 valence electrons. The van der Waals surface area contributed by atoms with E-state index in [4.69, 9.17) is 11.2 Å². The molecular weight excluding hydrogens is 192 g/mol. The standard InChI is InChI=1S/C11H18N2O2/c1-2-3-4-5-12-10-11(14)13-6-8-15-9-7-13/h1,12H,3-10H2. The lowest BCUT2D eigenvalue weighted by Crippen LogP contribution is -2.44. The van der Waals surface area contributed by atoms with Gasteiger partial charge in [0.2, 0.25) is 5.91 Å². The van der Waals surface area contributed by atoms with Crippen LogP contribution < -0.4 is 5.32 Å². The monoisotopic (exact) mass is 210 g/mol. The van der Waals surface area contributed by atoms with E-state index in [9.17, 15) is 4.79 Å². The van der Waals surface area contributed by atoms with Gasteiger partial charge < -0.3 is 15.0 Å². The summed E-state index contributed by atoms with van der Waals surface area (Å²) >= 11 is 0. The van der Waals surface area contributed by atoms with Gasteiger partial charge in [0.1, 0.15) is 0 Å². The molecule has 0 atom stereocenters. The zero-order valence-electron chi connectivity index (χ0n) is 9.00. The van der Waals surface area contributed by atoms with Gasteiger partial charge in [-0.2, -0.15) is 0 Å². The first kappa shape index (κ1) is 12.0. The summed E-state index contributed by atoms with van der Waals surface area (Å²) in [5.41, 5.74) is 0. The van der Waals surface area contributed by atoms with Crippen LogP contribution in [0.4, 0.5) is 0 Å². The summed E-state index contributed by atoms with van der Waals surface area (Å²) in [6.07, 6.45) is 6.81. The molecule has 1 N–H and O–H groups in total. The number of hydrogen-bond acceptors (Lipinski definition) is 3. The minimum Gasteiger partial charge on any atom is -0.378 e. The number of hydrogen-bond donors (Lipinski definition) is 1. The predicted octanol–water partition coefficient (Wildman–Crippen LogP) is -0.152. The summed E-state index contributed by atoms with van der Waals surface area (Å²) in [6, 6.07) is 0. The van der Waals surface area contributed by atoms with E-state index in [1.165, 1.54) is 0 Å². The molecule has 0 aromatic carbocycles. The molecule has 0 aliphatic carbocycles. The number of unbranched alkanes of at least 4 members (excludes halogenated alkanes) is 1. The predicted molar refractivity (Wildman–Crippen MR) is 58.3 cm³/mol. The van der Waals surface area contributed by atoms with Crippen LogP contribution in [0.2, 0.25) is 0 Å². The summed E-state index contributed by atoms with van der Waals surface area (Å²) in [6.45, 7) is 3.95. The van der Waals surface area contributed by atoms with Gasteiger partial charge in [-0.25, -0.2) is 0 Å². The fraction of sp³-hybridized carbons (Fsp3) is 0.727. The minimum atomic E-state index is 0.152. The van der Waals surface area contributed by atoms with Crippen LogP contribution in [-0.2, 0) is 9.53 Å². The quantitative estimate of drug-likeness (QED) is 0.507. The second-order valence-electron chi connectivity index (χ2n) is 3.48. The van der Waals surface area contributed by atoms with Crippen LogP contribution in [0, 0.1) is 12.3 Å². The number of nitrogens with zero attached hydrogens (tertiary/aromatic N) is 1. The summed E-state index contributed by atoms with van der Waals surface area (Å²) < 4.78 is 5.17. The second kappa shape index (κ2) is 7.27. The van der Waals surface area contributed by atoms with Crippen molar-refractivity contribution in [1.82, 2.24) is 10.2 Å². The molecule has 1 aliphatic heterocycles. The van der Waals surface area contributed by atoms with Crippen molar-refractivity contribution in [2.45, 2.75) is 12.8 Å². The lowest BCUT2D eigenvalue weighted by Gasteiger charge is -2.26. The van der Waals surface area contributed by atoms with Crippen LogP contribution in [-0.4, -0.2) is 50.2 Å². The second-order valence-corrected chi connectivity index (χ2v) is 3.48. The largest absolute Gasteiger partial charge is 0.378 e. The number of carbonyl (C=O) groups excluding carboxylic acids is 1. The van der Waals surface area contributed by atoms with Gasteiger partial charge >= 0.3 is 0 Å². The third-order valence-electron chi connectivity index (χ3n) is 2.31. The summed E-state index contributed by atoms with van der Waals surface area (Å²) in [4.78, 5) is 13.4. The van der Waals surface area contributed by atoms with Gasteiger partial charge in [-0.15, -0.1) is 12.3 Å². The van der Waals surface area contributed by atoms with Gasteiger partial charge in [0.15, 0.2) is 0 Å². The highest BCUT2D eigenvalue weighted by Crippen LogP contribution is 1.96. The first-order valence-corrected chi connectivity index (χ1v) is 5.34. The van der Waals surface area contributed by atoms with Crippen LogP contribution in [0.15, 0.2) is 0 Å². The smallest absolute Gasteiger partial charge is 0.236 e. The van der Waals surface area contributed by atoms with Crippen molar-refractivity contribution in [3.8, 4) is 12.3 Å². The topological polar surface area (TPSA) is 41.6 Å². The van der Waals surface area contributed by atoms with Gasteiger partial charge in [-0.05, 0) is 13.0 Å². The zero-order chi connectivity index (χ0) is 10.9. The first-order valence-electron chi connectivity index (χ1n) is 5.34. The number of rotatable bonds is 5. The van der Waals surface area contributed by atoms with Crippen LogP contribution in [0.5, 0.6) is 0 Å². The van der Waals surface area contributed by atoms with E-state index < -0.39 is 0 Å². The SMILES string of the molecule is C#CCCCNCC(=O)N1CCOCC1. The molecule has 0 saturated carbocycles. The average Bonchev–Trinajstić information content (AvgIpc) is 2.30. The van der Waals surface area contributed by atoms with E-state index in [1.54, 1.807) is 0 Å². The Morgan fingerprint density at radius 3 is 2.87 bits per heavy atom. The van der Waals surface area contributed by atoms with E-state index in [-0.39, 0.29) is 5.91 Å². The van der Waals surface area contributed by atoms with E-state index in [2.05, 4.69) is 11.2 Å². The fourth-order valence-corrected chi connectivity index (χ4v) is 1.44. The highest BCUT2D eigenvalue weighted by molar-refractivity contribution is 5.78. The minimum absolute atomic E-state index is 0.152. The van der Waals surface area contributed by atoms with E-state index in [1.807, 2.05) is 4.90 Å². The third kappa shape index (κ3) is 4.82. The number of amides is 1. The molecule has 1 saturated heterocycles. The molecule has 1 rings (SSSR count). The third-order valence-corrected chi connectivity index (χ3v) is 2.31. The highest BCUT2D eigenvalue weighted by atomic mass is 16.5. The van der Waals surface area contributed by atoms with Gasteiger partial charge in [0, 0.05) is 19.5 Å². The molecule has 4 heteroatoms. The van der Waals surface area contributed by atoms with Crippen LogP contribution in [0.3, 0.4) is 0 Å². The Labute approximate surface area is 91.0 Å². The van der Waals surface area contributed by atoms with Crippen LogP contribution >= 0.6 is 0 Å². The number of nitrogens with one attached hydrogen (secondary N) is 1. The lowest BCUT2D eigenvalue weighted by molar-refractivity contribution is -0.134. The number of terminal acetylenes is 1. The Kier molecular flexibility index (Phi) is 5.83. The Bertz CT molecular complexity index is 229. The average molecular weight is 210 g/mol. The molecule has 0 radical (unpaired) electrons. The maximum atomic E-state index is 11.6. The van der Waals surface area contributed by atoms with Crippen molar-refractivity contribution in [3.63, 3.8) is 0 Å². The van der Waals surface area contributed by atoms with E-state index >= 15 is 0 Å². The van der Waals surface area contributed by atoms with Crippen molar-refractivity contribution in [1.29, 1.82) is 0 Å². The zero-order valence-corrected chi connectivity index (χ0v) is 9.00. The maximum absolute atomic E-state index is 11.6. The Hall–Kier alpha value is -1.05. The van der Waals surface area contributed by atoms with Gasteiger partial charge in [-0.3, -0.25) is 4.79 Å². The van der Waals surface area contributed by atoms with Gasteiger partial charge in [0.25, 0.3) is 0 Å². The fourth-order valence-electron chi connectivity index (χ4n) is 1.44. The number of ether oxygens (including phenoxy) is 1. The Morgan fingerprint density at radius 2 is 2.20 bits per heavy atom. The van der Waals surface area contributed by atoms with Gasteiger partial charge in [-0.1, -0.05) is 0 Å². The van der Waals surface area contributed by atoms with Crippen molar-refractivity contribution in [2.75, 3.05) is 39.4 Å². The Balaban J connectivity index is 2.05. The molecule has 1 fully saturated rings. The molecule has 0 spiro atoms. The summed E-state index contributed by atoms with van der Waals surface area (Å²) in [7, 11) is 0. The van der Waals surface area contributed by atoms with Crippen molar-refractivity contribution in [2.24, 2.45) is 0 Å². The molecule has 15 heavy (non-hydrogen) atoms. The Morgan fingerprint density at radius 1 is 1.47 bits per heavy atom.